The normalized spacial score (nSPS) is 13.1. The van der Waals surface area contributed by atoms with Gasteiger partial charge in [0.15, 0.2) is 0 Å². The van der Waals surface area contributed by atoms with Crippen molar-refractivity contribution >= 4 is 70.5 Å². The van der Waals surface area contributed by atoms with Crippen molar-refractivity contribution in [3.63, 3.8) is 0 Å². The summed E-state index contributed by atoms with van der Waals surface area (Å²) in [6, 6.07) is 4.11. The van der Waals surface area contributed by atoms with Gasteiger partial charge in [-0.1, -0.05) is 0 Å². The molecule has 1 nitrogen and oxygen atoms in total. The van der Waals surface area contributed by atoms with E-state index in [-0.39, 0.29) is 6.04 Å². The second kappa shape index (κ2) is 5.20. The predicted octanol–water partition coefficient (Wildman–Crippen LogP) is 5.45. The molecular formula is C10H8Br3NS2. The Bertz CT molecular complexity index is 499. The third-order valence-corrected chi connectivity index (χ3v) is 6.81. The Morgan fingerprint density at radius 3 is 2.31 bits per heavy atom. The lowest BCUT2D eigenvalue weighted by Crippen LogP contribution is -2.09. The van der Waals surface area contributed by atoms with Crippen molar-refractivity contribution < 1.29 is 0 Å². The molecule has 0 amide bonds. The second-order valence-electron chi connectivity index (χ2n) is 3.31. The molecule has 0 aliphatic heterocycles. The molecule has 0 saturated heterocycles. The third kappa shape index (κ3) is 2.62. The molecular weight excluding hydrogens is 438 g/mol. The smallest absolute Gasteiger partial charge is 0.0761 e. The zero-order chi connectivity index (χ0) is 11.9. The monoisotopic (exact) mass is 443 g/mol. The number of aryl methyl sites for hydroxylation is 1. The van der Waals surface area contributed by atoms with E-state index in [9.17, 15) is 0 Å². The fraction of sp³-hybridized carbons (Fsp3) is 0.200. The molecule has 0 aliphatic carbocycles. The molecule has 2 heterocycles. The van der Waals surface area contributed by atoms with Gasteiger partial charge in [0.1, 0.15) is 0 Å². The number of nitrogens with two attached hydrogens (primary N) is 1. The maximum absolute atomic E-state index is 6.26. The molecule has 0 aromatic carbocycles. The van der Waals surface area contributed by atoms with E-state index in [1.54, 1.807) is 22.7 Å². The van der Waals surface area contributed by atoms with Crippen LogP contribution in [-0.4, -0.2) is 0 Å². The largest absolute Gasteiger partial charge is 0.320 e. The van der Waals surface area contributed by atoms with Gasteiger partial charge >= 0.3 is 0 Å². The van der Waals surface area contributed by atoms with Crippen LogP contribution in [0.5, 0.6) is 0 Å². The predicted molar refractivity (Wildman–Crippen MR) is 82.5 cm³/mol. The summed E-state index contributed by atoms with van der Waals surface area (Å²) in [7, 11) is 0. The van der Waals surface area contributed by atoms with Crippen LogP contribution in [0.1, 0.15) is 21.4 Å². The minimum Gasteiger partial charge on any atom is -0.320 e. The number of thiophene rings is 2. The summed E-state index contributed by atoms with van der Waals surface area (Å²) < 4.78 is 3.32. The van der Waals surface area contributed by atoms with Crippen molar-refractivity contribution in [1.29, 1.82) is 0 Å². The van der Waals surface area contributed by atoms with E-state index in [2.05, 4.69) is 66.8 Å². The molecule has 2 N–H and O–H groups in total. The van der Waals surface area contributed by atoms with Gasteiger partial charge in [-0.05, 0) is 66.8 Å². The summed E-state index contributed by atoms with van der Waals surface area (Å²) in [6.07, 6.45) is 0. The summed E-state index contributed by atoms with van der Waals surface area (Å²) in [5, 5.41) is 0. The molecule has 0 fully saturated rings. The highest BCUT2D eigenvalue weighted by atomic mass is 79.9. The van der Waals surface area contributed by atoms with Gasteiger partial charge in [-0.2, -0.15) is 0 Å². The van der Waals surface area contributed by atoms with Gasteiger partial charge in [-0.3, -0.25) is 0 Å². The van der Waals surface area contributed by atoms with Gasteiger partial charge in [0.2, 0.25) is 0 Å². The Morgan fingerprint density at radius 2 is 1.88 bits per heavy atom. The van der Waals surface area contributed by atoms with Gasteiger partial charge in [-0.15, -0.1) is 22.7 Å². The van der Waals surface area contributed by atoms with Crippen molar-refractivity contribution in [2.75, 3.05) is 0 Å². The maximum Gasteiger partial charge on any atom is 0.0761 e. The van der Waals surface area contributed by atoms with Crippen molar-refractivity contribution in [2.24, 2.45) is 5.73 Å². The summed E-state index contributed by atoms with van der Waals surface area (Å²) in [4.78, 5) is 2.44. The molecule has 0 spiro atoms. The van der Waals surface area contributed by atoms with Crippen LogP contribution in [0.4, 0.5) is 0 Å². The first-order valence-corrected chi connectivity index (χ1v) is 8.46. The van der Waals surface area contributed by atoms with Crippen LogP contribution in [0.3, 0.4) is 0 Å². The van der Waals surface area contributed by atoms with Crippen LogP contribution < -0.4 is 5.73 Å². The topological polar surface area (TPSA) is 26.0 Å². The van der Waals surface area contributed by atoms with E-state index in [0.29, 0.717) is 0 Å². The molecule has 1 atom stereocenters. The first kappa shape index (κ1) is 13.2. The SMILES string of the molecule is Cc1sc(C(N)c2cc(Br)sc2Br)cc1Br. The lowest BCUT2D eigenvalue weighted by molar-refractivity contribution is 0.894. The van der Waals surface area contributed by atoms with Crippen LogP contribution in [0, 0.1) is 6.92 Å². The van der Waals surface area contributed by atoms with Crippen molar-refractivity contribution in [3.8, 4) is 0 Å². The quantitative estimate of drug-likeness (QED) is 0.653. The molecule has 16 heavy (non-hydrogen) atoms. The minimum absolute atomic E-state index is 0.0630. The number of rotatable bonds is 2. The average Bonchev–Trinajstić information content (AvgIpc) is 2.70. The highest BCUT2D eigenvalue weighted by Crippen LogP contribution is 2.39. The van der Waals surface area contributed by atoms with Crippen LogP contribution in [0.25, 0.3) is 0 Å². The van der Waals surface area contributed by atoms with Crippen molar-refractivity contribution in [1.82, 2.24) is 0 Å². The second-order valence-corrected chi connectivity index (χ2v) is 9.20. The molecule has 1 unspecified atom stereocenters. The summed E-state index contributed by atoms with van der Waals surface area (Å²) >= 11 is 13.9. The van der Waals surface area contributed by atoms with Gasteiger partial charge < -0.3 is 5.73 Å². The van der Waals surface area contributed by atoms with E-state index < -0.39 is 0 Å². The van der Waals surface area contributed by atoms with Crippen molar-refractivity contribution in [3.05, 3.63) is 39.5 Å². The Morgan fingerprint density at radius 1 is 1.19 bits per heavy atom. The zero-order valence-corrected chi connectivity index (χ0v) is 14.7. The van der Waals surface area contributed by atoms with Crippen LogP contribution in [0.2, 0.25) is 0 Å². The summed E-state index contributed by atoms with van der Waals surface area (Å²) in [5.41, 5.74) is 7.39. The molecule has 0 aliphatic rings. The van der Waals surface area contributed by atoms with E-state index >= 15 is 0 Å². The van der Waals surface area contributed by atoms with Crippen LogP contribution in [-0.2, 0) is 0 Å². The van der Waals surface area contributed by atoms with Gasteiger partial charge in [0, 0.05) is 19.8 Å². The van der Waals surface area contributed by atoms with E-state index in [0.717, 1.165) is 17.6 Å². The zero-order valence-electron chi connectivity index (χ0n) is 8.26. The average molecular weight is 446 g/mol. The fourth-order valence-electron chi connectivity index (χ4n) is 1.35. The molecule has 86 valence electrons. The Kier molecular flexibility index (Phi) is 4.30. The molecule has 2 aromatic rings. The Labute approximate surface area is 127 Å². The maximum atomic E-state index is 6.26. The van der Waals surface area contributed by atoms with Crippen molar-refractivity contribution in [2.45, 2.75) is 13.0 Å². The van der Waals surface area contributed by atoms with E-state index in [1.807, 2.05) is 0 Å². The highest BCUT2D eigenvalue weighted by molar-refractivity contribution is 9.12. The van der Waals surface area contributed by atoms with E-state index in [1.165, 1.54) is 9.75 Å². The Balaban J connectivity index is 2.38. The molecule has 0 saturated carbocycles. The first-order chi connectivity index (χ1) is 7.49. The minimum atomic E-state index is -0.0630. The Hall–Kier alpha value is 0.800. The van der Waals surface area contributed by atoms with Crippen LogP contribution >= 0.6 is 70.5 Å². The molecule has 2 rings (SSSR count). The molecule has 6 heteroatoms. The summed E-state index contributed by atoms with van der Waals surface area (Å²) in [6.45, 7) is 2.09. The standard InChI is InChI=1S/C10H8Br3NS2/c1-4-6(11)3-7(15-4)9(14)5-2-8(12)16-10(5)13/h2-3,9H,14H2,1H3. The van der Waals surface area contributed by atoms with Gasteiger partial charge in [-0.25, -0.2) is 0 Å². The van der Waals surface area contributed by atoms with E-state index in [4.69, 9.17) is 5.73 Å². The summed E-state index contributed by atoms with van der Waals surface area (Å²) in [5.74, 6) is 0. The lowest BCUT2D eigenvalue weighted by Gasteiger charge is -2.07. The van der Waals surface area contributed by atoms with Gasteiger partial charge in [0.25, 0.3) is 0 Å². The molecule has 0 bridgehead atoms. The number of halogens is 3. The molecule has 0 radical (unpaired) electrons. The lowest BCUT2D eigenvalue weighted by atomic mass is 10.1. The number of hydrogen-bond donors (Lipinski definition) is 1. The molecule has 2 aromatic heterocycles. The van der Waals surface area contributed by atoms with Crippen LogP contribution in [0.15, 0.2) is 24.2 Å². The third-order valence-electron chi connectivity index (χ3n) is 2.20. The van der Waals surface area contributed by atoms with Gasteiger partial charge in [0.05, 0.1) is 13.6 Å². The fourth-order valence-corrected chi connectivity index (χ4v) is 5.86. The number of hydrogen-bond acceptors (Lipinski definition) is 3. The first-order valence-electron chi connectivity index (χ1n) is 4.45. The highest BCUT2D eigenvalue weighted by Gasteiger charge is 2.17.